The monoisotopic (exact) mass is 476 g/mol. The number of nitrogens with one attached hydrogen (secondary N) is 1. The van der Waals surface area contributed by atoms with E-state index in [-0.39, 0.29) is 28.7 Å². The zero-order valence-corrected chi connectivity index (χ0v) is 19.3. The number of benzene rings is 3. The number of aryl methyl sites for hydroxylation is 1. The minimum Gasteiger partial charge on any atom is -0.490 e. The molecule has 0 saturated carbocycles. The molecule has 0 unspecified atom stereocenters. The van der Waals surface area contributed by atoms with Crippen molar-refractivity contribution in [1.82, 2.24) is 5.43 Å². The second-order valence-corrected chi connectivity index (χ2v) is 7.90. The van der Waals surface area contributed by atoms with Crippen LogP contribution < -0.4 is 19.9 Å². The van der Waals surface area contributed by atoms with Crippen LogP contribution in [0.15, 0.2) is 72.3 Å². The first-order valence-electron chi connectivity index (χ1n) is 10.5. The predicted octanol–water partition coefficient (Wildman–Crippen LogP) is 4.73. The molecule has 1 N–H and O–H groups in total. The highest BCUT2D eigenvalue weighted by Crippen LogP contribution is 2.38. The molecular weight excluding hydrogens is 456 g/mol. The molecule has 3 aromatic rings. The number of halogens is 1. The Morgan fingerprint density at radius 2 is 1.82 bits per heavy atom. The lowest BCUT2D eigenvalue weighted by atomic mass is 10.1. The number of hydrazine groups is 1. The molecule has 3 aromatic carbocycles. The summed E-state index contributed by atoms with van der Waals surface area (Å²) in [6, 6.07) is 18.8. The fraction of sp³-hybridized carbons (Fsp3) is 0.115. The van der Waals surface area contributed by atoms with E-state index in [9.17, 15) is 14.4 Å². The van der Waals surface area contributed by atoms with Crippen molar-refractivity contribution in [2.75, 3.05) is 11.6 Å². The van der Waals surface area contributed by atoms with Crippen LogP contribution in [0.2, 0.25) is 5.02 Å². The van der Waals surface area contributed by atoms with Crippen LogP contribution in [0.1, 0.15) is 28.4 Å². The summed E-state index contributed by atoms with van der Waals surface area (Å²) >= 11 is 6.43. The Labute approximate surface area is 201 Å². The molecular formula is C26H21ClN2O5. The second-order valence-electron chi connectivity index (χ2n) is 7.50. The van der Waals surface area contributed by atoms with E-state index in [4.69, 9.17) is 21.1 Å². The lowest BCUT2D eigenvalue weighted by Crippen LogP contribution is -2.35. The summed E-state index contributed by atoms with van der Waals surface area (Å²) in [6.45, 7) is 3.93. The van der Waals surface area contributed by atoms with Gasteiger partial charge >= 0.3 is 5.97 Å². The standard InChI is InChI=1S/C26H21ClN2O5/c1-3-33-22-15-17(13-20-24(30)28-29(25(20)31)19-10-5-4-6-11-19)14-21(27)23(22)34-26(32)18-9-7-8-16(2)12-18/h4-15H,3H2,1-2H3,(H,28,30). The van der Waals surface area contributed by atoms with Crippen molar-refractivity contribution < 1.29 is 23.9 Å². The molecule has 0 radical (unpaired) electrons. The molecule has 8 heteroatoms. The lowest BCUT2D eigenvalue weighted by molar-refractivity contribution is -0.117. The molecule has 0 spiro atoms. The van der Waals surface area contributed by atoms with Crippen LogP contribution in [0, 0.1) is 6.92 Å². The Balaban J connectivity index is 1.65. The van der Waals surface area contributed by atoms with E-state index < -0.39 is 17.8 Å². The highest BCUT2D eigenvalue weighted by atomic mass is 35.5. The third-order valence-electron chi connectivity index (χ3n) is 5.00. The summed E-state index contributed by atoms with van der Waals surface area (Å²) in [5.74, 6) is -1.35. The number of carbonyl (C=O) groups excluding carboxylic acids is 3. The first-order valence-corrected chi connectivity index (χ1v) is 10.9. The van der Waals surface area contributed by atoms with Crippen LogP contribution in [-0.2, 0) is 9.59 Å². The average molecular weight is 477 g/mol. The highest BCUT2D eigenvalue weighted by molar-refractivity contribution is 6.33. The molecule has 1 fully saturated rings. The maximum Gasteiger partial charge on any atom is 0.343 e. The number of esters is 1. The second kappa shape index (κ2) is 9.80. The molecule has 1 saturated heterocycles. The van der Waals surface area contributed by atoms with Crippen molar-refractivity contribution in [3.05, 3.63) is 94.0 Å². The summed E-state index contributed by atoms with van der Waals surface area (Å²) in [6.07, 6.45) is 1.42. The van der Waals surface area contributed by atoms with Gasteiger partial charge in [0.1, 0.15) is 5.57 Å². The number of anilines is 1. The number of para-hydroxylation sites is 1. The van der Waals surface area contributed by atoms with Crippen molar-refractivity contribution >= 4 is 41.1 Å². The molecule has 1 aliphatic rings. The van der Waals surface area contributed by atoms with Crippen LogP contribution in [0.3, 0.4) is 0 Å². The predicted molar refractivity (Wildman–Crippen MR) is 129 cm³/mol. The van der Waals surface area contributed by atoms with Gasteiger partial charge in [-0.25, -0.2) is 9.80 Å². The van der Waals surface area contributed by atoms with Gasteiger partial charge < -0.3 is 9.47 Å². The van der Waals surface area contributed by atoms with E-state index in [1.807, 2.05) is 19.1 Å². The molecule has 1 heterocycles. The number of hydrogen-bond donors (Lipinski definition) is 1. The number of nitrogens with zero attached hydrogens (tertiary/aromatic N) is 1. The number of hydrogen-bond acceptors (Lipinski definition) is 5. The number of carbonyl (C=O) groups is 3. The van der Waals surface area contributed by atoms with Crippen LogP contribution in [0.4, 0.5) is 5.69 Å². The maximum absolute atomic E-state index is 12.9. The molecule has 0 aromatic heterocycles. The number of rotatable bonds is 6. The minimum atomic E-state index is -0.582. The average Bonchev–Trinajstić information content (AvgIpc) is 3.10. The number of amides is 2. The van der Waals surface area contributed by atoms with Crippen LogP contribution in [0.25, 0.3) is 6.08 Å². The van der Waals surface area contributed by atoms with Gasteiger partial charge in [-0.15, -0.1) is 0 Å². The quantitative estimate of drug-likeness (QED) is 0.241. The van der Waals surface area contributed by atoms with Crippen LogP contribution in [0.5, 0.6) is 11.5 Å². The van der Waals surface area contributed by atoms with E-state index in [0.29, 0.717) is 16.8 Å². The van der Waals surface area contributed by atoms with Gasteiger partial charge in [0.2, 0.25) is 0 Å². The minimum absolute atomic E-state index is 0.0604. The highest BCUT2D eigenvalue weighted by Gasteiger charge is 2.34. The molecule has 0 bridgehead atoms. The Morgan fingerprint density at radius 1 is 1.06 bits per heavy atom. The zero-order valence-electron chi connectivity index (χ0n) is 18.5. The van der Waals surface area contributed by atoms with Crippen molar-refractivity contribution in [3.63, 3.8) is 0 Å². The van der Waals surface area contributed by atoms with Gasteiger partial charge in [-0.2, -0.15) is 0 Å². The Hall–Kier alpha value is -4.10. The maximum atomic E-state index is 12.9. The fourth-order valence-corrected chi connectivity index (χ4v) is 3.70. The third kappa shape index (κ3) is 4.79. The molecule has 7 nitrogen and oxygen atoms in total. The SMILES string of the molecule is CCOc1cc(C=C2C(=O)NN(c3ccccc3)C2=O)cc(Cl)c1OC(=O)c1cccc(C)c1. The molecule has 1 aliphatic heterocycles. The Bertz CT molecular complexity index is 1300. The molecule has 34 heavy (non-hydrogen) atoms. The van der Waals surface area contributed by atoms with Gasteiger partial charge in [0.15, 0.2) is 11.5 Å². The van der Waals surface area contributed by atoms with Gasteiger partial charge in [-0.1, -0.05) is 47.5 Å². The Kier molecular flexibility index (Phi) is 6.65. The molecule has 4 rings (SSSR count). The fourth-order valence-electron chi connectivity index (χ4n) is 3.44. The molecule has 0 aliphatic carbocycles. The van der Waals surface area contributed by atoms with Gasteiger partial charge in [0.05, 0.1) is 22.9 Å². The first kappa shape index (κ1) is 23.1. The summed E-state index contributed by atoms with van der Waals surface area (Å²) < 4.78 is 11.2. The van der Waals surface area contributed by atoms with Crippen molar-refractivity contribution in [3.8, 4) is 11.5 Å². The summed E-state index contributed by atoms with van der Waals surface area (Å²) in [4.78, 5) is 38.0. The van der Waals surface area contributed by atoms with E-state index in [2.05, 4.69) is 5.43 Å². The van der Waals surface area contributed by atoms with Gasteiger partial charge in [-0.3, -0.25) is 15.0 Å². The van der Waals surface area contributed by atoms with Gasteiger partial charge in [0, 0.05) is 0 Å². The first-order chi connectivity index (χ1) is 16.4. The lowest BCUT2D eigenvalue weighted by Gasteiger charge is -2.14. The normalized spacial score (nSPS) is 14.3. The van der Waals surface area contributed by atoms with Crippen molar-refractivity contribution in [1.29, 1.82) is 0 Å². The van der Waals surface area contributed by atoms with Gasteiger partial charge in [0.25, 0.3) is 11.8 Å². The van der Waals surface area contributed by atoms with Crippen molar-refractivity contribution in [2.24, 2.45) is 0 Å². The van der Waals surface area contributed by atoms with Crippen LogP contribution >= 0.6 is 11.6 Å². The smallest absolute Gasteiger partial charge is 0.343 e. The van der Waals surface area contributed by atoms with Gasteiger partial charge in [-0.05, 0) is 61.9 Å². The van der Waals surface area contributed by atoms with Crippen LogP contribution in [-0.4, -0.2) is 24.4 Å². The number of ether oxygens (including phenoxy) is 2. The molecule has 0 atom stereocenters. The molecule has 2 amide bonds. The third-order valence-corrected chi connectivity index (χ3v) is 5.28. The van der Waals surface area contributed by atoms with E-state index in [0.717, 1.165) is 5.56 Å². The summed E-state index contributed by atoms with van der Waals surface area (Å²) in [5, 5.41) is 1.28. The Morgan fingerprint density at radius 3 is 2.53 bits per heavy atom. The molecule has 172 valence electrons. The summed E-state index contributed by atoms with van der Waals surface area (Å²) in [7, 11) is 0. The van der Waals surface area contributed by atoms with E-state index >= 15 is 0 Å². The van der Waals surface area contributed by atoms with E-state index in [1.165, 1.54) is 17.2 Å². The topological polar surface area (TPSA) is 84.9 Å². The largest absolute Gasteiger partial charge is 0.490 e. The zero-order chi connectivity index (χ0) is 24.2. The van der Waals surface area contributed by atoms with E-state index in [1.54, 1.807) is 55.5 Å². The van der Waals surface area contributed by atoms with Crippen molar-refractivity contribution in [2.45, 2.75) is 13.8 Å². The summed E-state index contributed by atoms with van der Waals surface area (Å²) in [5.41, 5.74) is 4.75.